The highest BCUT2D eigenvalue weighted by Gasteiger charge is 2.26. The van der Waals surface area contributed by atoms with Gasteiger partial charge < -0.3 is 27.5 Å². The van der Waals surface area contributed by atoms with Crippen molar-refractivity contribution < 1.29 is 13.6 Å². The minimum atomic E-state index is -0.733. The molecule has 0 heterocycles. The highest BCUT2D eigenvalue weighted by atomic mass is 19.1. The first kappa shape index (κ1) is 22.2. The van der Waals surface area contributed by atoms with Gasteiger partial charge >= 0.3 is 0 Å². The number of carbonyl (C=O) groups excluding carboxylic acids is 1. The van der Waals surface area contributed by atoms with Crippen LogP contribution in [0.3, 0.4) is 0 Å². The fraction of sp³-hybridized carbons (Fsp3) is 0.350. The van der Waals surface area contributed by atoms with Crippen LogP contribution in [0.15, 0.2) is 47.4 Å². The van der Waals surface area contributed by atoms with E-state index in [9.17, 15) is 13.6 Å². The summed E-state index contributed by atoms with van der Waals surface area (Å²) in [5.41, 5.74) is 21.1. The van der Waals surface area contributed by atoms with Gasteiger partial charge in [-0.25, -0.2) is 8.78 Å². The summed E-state index contributed by atoms with van der Waals surface area (Å²) in [5.74, 6) is 3.42. The first-order valence-corrected chi connectivity index (χ1v) is 9.41. The summed E-state index contributed by atoms with van der Waals surface area (Å²) in [4.78, 5) is 14.1. The number of halogens is 2. The number of likely N-dealkylation sites (N-methyl/N-ethyl adjacent to an activating group) is 1. The molecule has 158 valence electrons. The normalized spacial score (nSPS) is 18.0. The van der Waals surface area contributed by atoms with Crippen molar-refractivity contribution in [1.29, 1.82) is 0 Å². The van der Waals surface area contributed by atoms with Crippen LogP contribution in [-0.4, -0.2) is 23.9 Å². The van der Waals surface area contributed by atoms with Crippen LogP contribution >= 0.6 is 0 Å². The van der Waals surface area contributed by atoms with E-state index in [1.807, 2.05) is 6.92 Å². The van der Waals surface area contributed by atoms with E-state index >= 15 is 0 Å². The molecule has 29 heavy (non-hydrogen) atoms. The van der Waals surface area contributed by atoms with Crippen molar-refractivity contribution in [1.82, 2.24) is 10.3 Å². The van der Waals surface area contributed by atoms with E-state index in [0.717, 1.165) is 36.7 Å². The van der Waals surface area contributed by atoms with Crippen LogP contribution in [0.5, 0.6) is 0 Å². The lowest BCUT2D eigenvalue weighted by Gasteiger charge is -2.31. The van der Waals surface area contributed by atoms with Crippen LogP contribution in [-0.2, 0) is 4.79 Å². The van der Waals surface area contributed by atoms with Crippen LogP contribution in [0.25, 0.3) is 5.70 Å². The monoisotopic (exact) mass is 406 g/mol. The Morgan fingerprint density at radius 1 is 1.34 bits per heavy atom. The Balaban J connectivity index is 2.29. The van der Waals surface area contributed by atoms with Crippen LogP contribution in [0.4, 0.5) is 8.78 Å². The minimum Gasteiger partial charge on any atom is -0.403 e. The molecule has 0 bridgehead atoms. The predicted octanol–water partition coefficient (Wildman–Crippen LogP) is 1.39. The van der Waals surface area contributed by atoms with Gasteiger partial charge in [0.05, 0.1) is 5.56 Å². The summed E-state index contributed by atoms with van der Waals surface area (Å²) < 4.78 is 28.0. The highest BCUT2D eigenvalue weighted by Crippen LogP contribution is 2.30. The minimum absolute atomic E-state index is 0.0247. The largest absolute Gasteiger partial charge is 0.403 e. The van der Waals surface area contributed by atoms with Crippen molar-refractivity contribution in [3.05, 3.63) is 64.6 Å². The third-order valence-corrected chi connectivity index (χ3v) is 5.05. The zero-order chi connectivity index (χ0) is 21.6. The average molecular weight is 406 g/mol. The molecule has 0 radical (unpaired) electrons. The van der Waals surface area contributed by atoms with Crippen molar-refractivity contribution >= 4 is 11.6 Å². The number of nitrogens with one attached hydrogen (secondary N) is 1. The molecule has 1 unspecified atom stereocenters. The fourth-order valence-electron chi connectivity index (χ4n) is 3.45. The van der Waals surface area contributed by atoms with Gasteiger partial charge in [0.1, 0.15) is 17.3 Å². The maximum absolute atomic E-state index is 14.0. The number of nitrogens with two attached hydrogens (primary N) is 4. The van der Waals surface area contributed by atoms with E-state index < -0.39 is 11.6 Å². The van der Waals surface area contributed by atoms with Gasteiger partial charge in [0.2, 0.25) is 0 Å². The van der Waals surface area contributed by atoms with Crippen molar-refractivity contribution in [3.8, 4) is 0 Å². The lowest BCUT2D eigenvalue weighted by atomic mass is 9.86. The Morgan fingerprint density at radius 2 is 2.00 bits per heavy atom. The maximum atomic E-state index is 14.0. The average Bonchev–Trinajstić information content (AvgIpc) is 2.69. The second-order valence-corrected chi connectivity index (χ2v) is 6.83. The zero-order valence-corrected chi connectivity index (χ0v) is 16.4. The maximum Gasteiger partial charge on any atom is 0.272 e. The van der Waals surface area contributed by atoms with Gasteiger partial charge in [0.15, 0.2) is 0 Å². The summed E-state index contributed by atoms with van der Waals surface area (Å²) in [6, 6.07) is 3.58. The molecular weight excluding hydrogens is 378 g/mol. The SMILES string of the molecule is CCN(CC1CCCC(/C=C(\N)c2c(F)cccc2F)=C1N)C(=O)/C(=C/N)NN. The molecule has 1 atom stereocenters. The Bertz CT molecular complexity index is 829. The molecule has 1 aromatic carbocycles. The van der Waals surface area contributed by atoms with Crippen molar-refractivity contribution in [3.63, 3.8) is 0 Å². The smallest absolute Gasteiger partial charge is 0.272 e. The molecule has 9 N–H and O–H groups in total. The summed E-state index contributed by atoms with van der Waals surface area (Å²) >= 11 is 0. The summed E-state index contributed by atoms with van der Waals surface area (Å²) in [6.07, 6.45) is 4.86. The molecule has 1 aromatic rings. The molecule has 2 rings (SSSR count). The second-order valence-electron chi connectivity index (χ2n) is 6.83. The molecule has 7 nitrogen and oxygen atoms in total. The van der Waals surface area contributed by atoms with Gasteiger partial charge in [0, 0.05) is 36.6 Å². The van der Waals surface area contributed by atoms with Crippen molar-refractivity contribution in [2.45, 2.75) is 26.2 Å². The molecular formula is C20H28F2N6O. The number of carbonyl (C=O) groups is 1. The van der Waals surface area contributed by atoms with E-state index in [-0.39, 0.29) is 28.8 Å². The number of hydrogen-bond acceptors (Lipinski definition) is 6. The van der Waals surface area contributed by atoms with E-state index in [1.54, 1.807) is 4.90 Å². The first-order valence-electron chi connectivity index (χ1n) is 9.41. The zero-order valence-electron chi connectivity index (χ0n) is 16.4. The Hall–Kier alpha value is -3.07. The standard InChI is InChI=1S/C20H28F2N6O/c1-2-28(20(29)17(10-23)27-26)11-13-6-3-5-12(19(13)25)9-16(24)18-14(21)7-4-8-15(18)22/h4,7-10,13,27H,2-3,5-6,11,23-26H2,1H3/b16-9-,17-10-. The Labute approximate surface area is 169 Å². The van der Waals surface area contributed by atoms with Gasteiger partial charge in [-0.2, -0.15) is 0 Å². The predicted molar refractivity (Wildman–Crippen MR) is 109 cm³/mol. The van der Waals surface area contributed by atoms with Crippen molar-refractivity contribution in [2.75, 3.05) is 13.1 Å². The number of hydrazine groups is 1. The molecule has 9 heteroatoms. The molecule has 0 aliphatic heterocycles. The van der Waals surface area contributed by atoms with Crippen LogP contribution < -0.4 is 28.5 Å². The molecule has 0 saturated carbocycles. The van der Waals surface area contributed by atoms with E-state index in [2.05, 4.69) is 5.43 Å². The van der Waals surface area contributed by atoms with Gasteiger partial charge in [-0.15, -0.1) is 0 Å². The summed E-state index contributed by atoms with van der Waals surface area (Å²) in [5, 5.41) is 0. The number of hydrogen-bond donors (Lipinski definition) is 5. The molecule has 0 fully saturated rings. The Kier molecular flexibility index (Phi) is 7.60. The molecule has 0 saturated heterocycles. The number of nitrogens with zero attached hydrogens (tertiary/aromatic N) is 1. The molecule has 1 aliphatic carbocycles. The number of benzene rings is 1. The lowest BCUT2D eigenvalue weighted by molar-refractivity contribution is -0.127. The molecule has 0 aromatic heterocycles. The molecule has 1 amide bonds. The summed E-state index contributed by atoms with van der Waals surface area (Å²) in [6.45, 7) is 2.64. The number of allylic oxidation sites excluding steroid dienone is 2. The van der Waals surface area contributed by atoms with E-state index in [4.69, 9.17) is 23.0 Å². The topological polar surface area (TPSA) is 136 Å². The number of rotatable bonds is 7. The van der Waals surface area contributed by atoms with Crippen LogP contribution in [0.2, 0.25) is 0 Å². The third-order valence-electron chi connectivity index (χ3n) is 5.05. The lowest BCUT2D eigenvalue weighted by Crippen LogP contribution is -2.42. The molecule has 1 aliphatic rings. The van der Waals surface area contributed by atoms with E-state index in [0.29, 0.717) is 25.2 Å². The molecule has 0 spiro atoms. The third kappa shape index (κ3) is 5.05. The quantitative estimate of drug-likeness (QED) is 0.264. The number of amides is 1. The van der Waals surface area contributed by atoms with Crippen LogP contribution in [0, 0.1) is 17.6 Å². The first-order chi connectivity index (χ1) is 13.8. The van der Waals surface area contributed by atoms with E-state index in [1.165, 1.54) is 12.1 Å². The summed E-state index contributed by atoms with van der Waals surface area (Å²) in [7, 11) is 0. The van der Waals surface area contributed by atoms with Crippen molar-refractivity contribution in [2.24, 2.45) is 29.0 Å². The van der Waals surface area contributed by atoms with Gasteiger partial charge in [-0.3, -0.25) is 10.6 Å². The van der Waals surface area contributed by atoms with Gasteiger partial charge in [-0.1, -0.05) is 6.07 Å². The van der Waals surface area contributed by atoms with Crippen LogP contribution in [0.1, 0.15) is 31.7 Å². The van der Waals surface area contributed by atoms with Gasteiger partial charge in [-0.05, 0) is 50.0 Å². The highest BCUT2D eigenvalue weighted by molar-refractivity contribution is 5.92. The Morgan fingerprint density at radius 3 is 2.55 bits per heavy atom. The van der Waals surface area contributed by atoms with Gasteiger partial charge in [0.25, 0.3) is 5.91 Å². The second kappa shape index (κ2) is 9.92. The fourth-order valence-corrected chi connectivity index (χ4v) is 3.45.